The Balaban J connectivity index is 2.43. The van der Waals surface area contributed by atoms with Gasteiger partial charge in [-0.25, -0.2) is 19.3 Å². The molecule has 0 spiro atoms. The fourth-order valence-corrected chi connectivity index (χ4v) is 2.03. The molecule has 7 nitrogen and oxygen atoms in total. The van der Waals surface area contributed by atoms with Crippen LogP contribution in [-0.2, 0) is 0 Å². The van der Waals surface area contributed by atoms with Gasteiger partial charge in [-0.3, -0.25) is 0 Å². The number of hydrogen-bond donors (Lipinski definition) is 3. The molecule has 0 aliphatic carbocycles. The van der Waals surface area contributed by atoms with Gasteiger partial charge in [-0.1, -0.05) is 6.07 Å². The second kappa shape index (κ2) is 3.84. The van der Waals surface area contributed by atoms with Crippen molar-refractivity contribution in [1.29, 1.82) is 0 Å². The van der Waals surface area contributed by atoms with E-state index in [0.29, 0.717) is 22.5 Å². The molecule has 0 atom stereocenters. The van der Waals surface area contributed by atoms with Crippen LogP contribution >= 0.6 is 0 Å². The van der Waals surface area contributed by atoms with Crippen molar-refractivity contribution < 1.29 is 0 Å². The summed E-state index contributed by atoms with van der Waals surface area (Å²) in [4.78, 5) is 22.7. The Morgan fingerprint density at radius 2 is 2.05 bits per heavy atom. The Hall–Kier alpha value is -2.83. The number of hydrogen-bond acceptors (Lipinski definition) is 5. The van der Waals surface area contributed by atoms with E-state index in [1.165, 1.54) is 10.9 Å². The lowest BCUT2D eigenvalue weighted by Crippen LogP contribution is -2.16. The molecule has 3 aromatic rings. The Morgan fingerprint density at radius 3 is 2.84 bits per heavy atom. The lowest BCUT2D eigenvalue weighted by atomic mass is 10.2. The first-order valence-corrected chi connectivity index (χ1v) is 5.65. The molecule has 0 saturated heterocycles. The molecule has 0 radical (unpaired) electrons. The molecule has 5 N–H and O–H groups in total. The SMILES string of the molecule is Cc1ccc(N)cc1-n1c(=O)[nH]c2c(N)ncnc21. The number of aryl methyl sites for hydroxylation is 1. The molecular formula is C12H12N6O. The van der Waals surface area contributed by atoms with Crippen LogP contribution in [-0.4, -0.2) is 19.5 Å². The number of H-pyrrole nitrogens is 1. The highest BCUT2D eigenvalue weighted by Crippen LogP contribution is 2.20. The quantitative estimate of drug-likeness (QED) is 0.551. The molecule has 7 heteroatoms. The third kappa shape index (κ3) is 1.63. The average molecular weight is 256 g/mol. The van der Waals surface area contributed by atoms with Gasteiger partial charge in [0.05, 0.1) is 5.69 Å². The average Bonchev–Trinajstić information content (AvgIpc) is 2.70. The predicted octanol–water partition coefficient (Wildman–Crippen LogP) is 0.582. The Labute approximate surface area is 107 Å². The van der Waals surface area contributed by atoms with Crippen LogP contribution in [0.2, 0.25) is 0 Å². The number of anilines is 2. The van der Waals surface area contributed by atoms with E-state index in [-0.39, 0.29) is 11.5 Å². The minimum Gasteiger partial charge on any atom is -0.399 e. The number of imidazole rings is 1. The third-order valence-corrected chi connectivity index (χ3v) is 2.98. The van der Waals surface area contributed by atoms with Crippen molar-refractivity contribution in [2.75, 3.05) is 11.5 Å². The zero-order valence-corrected chi connectivity index (χ0v) is 10.2. The molecule has 2 heterocycles. The van der Waals surface area contributed by atoms with Crippen molar-refractivity contribution in [2.45, 2.75) is 6.92 Å². The van der Waals surface area contributed by atoms with Crippen LogP contribution in [0, 0.1) is 6.92 Å². The number of aromatic amines is 1. The van der Waals surface area contributed by atoms with Crippen LogP contribution < -0.4 is 17.2 Å². The number of nitrogens with two attached hydrogens (primary N) is 2. The molecule has 3 rings (SSSR count). The van der Waals surface area contributed by atoms with E-state index >= 15 is 0 Å². The van der Waals surface area contributed by atoms with Gasteiger partial charge in [0.15, 0.2) is 11.5 Å². The van der Waals surface area contributed by atoms with Gasteiger partial charge in [-0.05, 0) is 24.6 Å². The maximum atomic E-state index is 12.1. The van der Waals surface area contributed by atoms with Gasteiger partial charge in [0.2, 0.25) is 0 Å². The number of rotatable bonds is 1. The summed E-state index contributed by atoms with van der Waals surface area (Å²) in [7, 11) is 0. The predicted molar refractivity (Wildman–Crippen MR) is 73.0 cm³/mol. The Bertz CT molecular complexity index is 832. The second-order valence-electron chi connectivity index (χ2n) is 4.27. The van der Waals surface area contributed by atoms with Crippen molar-refractivity contribution in [1.82, 2.24) is 19.5 Å². The van der Waals surface area contributed by atoms with Crippen LogP contribution in [0.4, 0.5) is 11.5 Å². The first-order chi connectivity index (χ1) is 9.08. The molecule has 2 aromatic heterocycles. The maximum Gasteiger partial charge on any atom is 0.332 e. The summed E-state index contributed by atoms with van der Waals surface area (Å²) >= 11 is 0. The summed E-state index contributed by atoms with van der Waals surface area (Å²) in [6.45, 7) is 1.89. The molecule has 0 amide bonds. The van der Waals surface area contributed by atoms with E-state index in [0.717, 1.165) is 5.56 Å². The number of aromatic nitrogens is 4. The van der Waals surface area contributed by atoms with Crippen molar-refractivity contribution in [2.24, 2.45) is 0 Å². The molecular weight excluding hydrogens is 244 g/mol. The van der Waals surface area contributed by atoms with Gasteiger partial charge < -0.3 is 16.5 Å². The third-order valence-electron chi connectivity index (χ3n) is 2.98. The normalized spacial score (nSPS) is 11.0. The fourth-order valence-electron chi connectivity index (χ4n) is 2.03. The lowest BCUT2D eigenvalue weighted by Gasteiger charge is -2.07. The van der Waals surface area contributed by atoms with E-state index in [1.54, 1.807) is 12.1 Å². The number of nitrogens with zero attached hydrogens (tertiary/aromatic N) is 3. The van der Waals surface area contributed by atoms with E-state index in [4.69, 9.17) is 11.5 Å². The molecule has 0 aliphatic rings. The molecule has 96 valence electrons. The standard InChI is InChI=1S/C12H12N6O/c1-6-2-3-7(13)4-8(6)18-11-9(17-12(18)19)10(14)15-5-16-11/h2-5H,13H2,1H3,(H,17,19)(H2,14,15,16). The van der Waals surface area contributed by atoms with Gasteiger partial charge in [0, 0.05) is 5.69 Å². The minimum absolute atomic E-state index is 0.238. The largest absolute Gasteiger partial charge is 0.399 e. The van der Waals surface area contributed by atoms with Crippen molar-refractivity contribution in [3.63, 3.8) is 0 Å². The molecule has 19 heavy (non-hydrogen) atoms. The van der Waals surface area contributed by atoms with Crippen molar-refractivity contribution >= 4 is 22.7 Å². The molecule has 0 aliphatic heterocycles. The van der Waals surface area contributed by atoms with E-state index in [1.807, 2.05) is 13.0 Å². The molecule has 0 fully saturated rings. The number of nitrogens with one attached hydrogen (secondary N) is 1. The first-order valence-electron chi connectivity index (χ1n) is 5.65. The molecule has 0 saturated carbocycles. The highest BCUT2D eigenvalue weighted by molar-refractivity contribution is 5.82. The fraction of sp³-hybridized carbons (Fsp3) is 0.0833. The van der Waals surface area contributed by atoms with E-state index < -0.39 is 0 Å². The zero-order valence-electron chi connectivity index (χ0n) is 10.2. The highest BCUT2D eigenvalue weighted by Gasteiger charge is 2.14. The number of benzene rings is 1. The number of fused-ring (bicyclic) bond motifs is 1. The van der Waals surface area contributed by atoms with Crippen LogP contribution in [0.1, 0.15) is 5.56 Å². The molecule has 0 bridgehead atoms. The van der Waals surface area contributed by atoms with Gasteiger partial charge >= 0.3 is 5.69 Å². The highest BCUT2D eigenvalue weighted by atomic mass is 16.1. The van der Waals surface area contributed by atoms with Crippen molar-refractivity contribution in [3.8, 4) is 5.69 Å². The number of nitrogen functional groups attached to an aromatic ring is 2. The summed E-state index contributed by atoms with van der Waals surface area (Å²) in [6, 6.07) is 5.35. The smallest absolute Gasteiger partial charge is 0.332 e. The van der Waals surface area contributed by atoms with Crippen LogP contribution in [0.25, 0.3) is 16.9 Å². The minimum atomic E-state index is -0.323. The second-order valence-corrected chi connectivity index (χ2v) is 4.27. The van der Waals surface area contributed by atoms with Crippen molar-refractivity contribution in [3.05, 3.63) is 40.6 Å². The van der Waals surface area contributed by atoms with Gasteiger partial charge in [0.1, 0.15) is 11.8 Å². The Kier molecular flexibility index (Phi) is 2.28. The van der Waals surface area contributed by atoms with E-state index in [2.05, 4.69) is 15.0 Å². The summed E-state index contributed by atoms with van der Waals surface area (Å²) in [5.41, 5.74) is 14.2. The molecule has 1 aromatic carbocycles. The van der Waals surface area contributed by atoms with Crippen LogP contribution in [0.15, 0.2) is 29.3 Å². The summed E-state index contributed by atoms with van der Waals surface area (Å²) < 4.78 is 1.44. The van der Waals surface area contributed by atoms with Crippen LogP contribution in [0.5, 0.6) is 0 Å². The summed E-state index contributed by atoms with van der Waals surface area (Å²) in [5.74, 6) is 0.238. The maximum absolute atomic E-state index is 12.1. The molecule has 0 unspecified atom stereocenters. The first kappa shape index (κ1) is 11.3. The van der Waals surface area contributed by atoms with Gasteiger partial charge in [-0.2, -0.15) is 0 Å². The Morgan fingerprint density at radius 1 is 1.26 bits per heavy atom. The monoisotopic (exact) mass is 256 g/mol. The summed E-state index contributed by atoms with van der Waals surface area (Å²) in [5, 5.41) is 0. The topological polar surface area (TPSA) is 116 Å². The van der Waals surface area contributed by atoms with Gasteiger partial charge in [0.25, 0.3) is 0 Å². The van der Waals surface area contributed by atoms with Crippen LogP contribution in [0.3, 0.4) is 0 Å². The van der Waals surface area contributed by atoms with E-state index in [9.17, 15) is 4.79 Å². The lowest BCUT2D eigenvalue weighted by molar-refractivity contribution is 0.987. The van der Waals surface area contributed by atoms with Gasteiger partial charge in [-0.15, -0.1) is 0 Å². The zero-order chi connectivity index (χ0) is 13.6. The summed E-state index contributed by atoms with van der Waals surface area (Å²) in [6.07, 6.45) is 1.32.